The molecule has 2 aliphatic rings. The third-order valence-corrected chi connectivity index (χ3v) is 10.3. The quantitative estimate of drug-likeness (QED) is 0.148. The van der Waals surface area contributed by atoms with Crippen molar-refractivity contribution < 1.29 is 23.9 Å². The second kappa shape index (κ2) is 17.1. The van der Waals surface area contributed by atoms with Crippen molar-refractivity contribution in [2.75, 3.05) is 13.2 Å². The third-order valence-electron chi connectivity index (χ3n) is 9.05. The first-order valence-electron chi connectivity index (χ1n) is 16.9. The molecule has 5 rings (SSSR count). The van der Waals surface area contributed by atoms with Crippen molar-refractivity contribution in [3.63, 3.8) is 0 Å². The van der Waals surface area contributed by atoms with E-state index >= 15 is 0 Å². The van der Waals surface area contributed by atoms with Crippen molar-refractivity contribution >= 4 is 56.8 Å². The number of hydrogen-bond acceptors (Lipinski definition) is 8. The zero-order valence-electron chi connectivity index (χ0n) is 27.3. The summed E-state index contributed by atoms with van der Waals surface area (Å²) in [6.07, 6.45) is 6.15. The molecule has 6 N–H and O–H groups in total. The van der Waals surface area contributed by atoms with Crippen LogP contribution in [0.1, 0.15) is 81.3 Å². The van der Waals surface area contributed by atoms with Gasteiger partial charge in [-0.2, -0.15) is 0 Å². The maximum atomic E-state index is 14.1. The van der Waals surface area contributed by atoms with Crippen LogP contribution in [0.4, 0.5) is 0 Å². The molecule has 1 fully saturated rings. The van der Waals surface area contributed by atoms with Crippen LogP contribution < -0.4 is 31.7 Å². The molecule has 1 aliphatic carbocycles. The van der Waals surface area contributed by atoms with E-state index in [9.17, 15) is 19.2 Å². The van der Waals surface area contributed by atoms with Gasteiger partial charge in [-0.05, 0) is 68.8 Å². The number of nitrogens with zero attached hydrogens (tertiary/aromatic N) is 1. The molecule has 0 spiro atoms. The highest BCUT2D eigenvalue weighted by atomic mass is 35.5. The van der Waals surface area contributed by atoms with E-state index in [-0.39, 0.29) is 36.6 Å². The maximum Gasteiger partial charge on any atom is 0.243 e. The van der Waals surface area contributed by atoms with Crippen LogP contribution in [0.15, 0.2) is 42.5 Å². The molecule has 4 amide bonds. The van der Waals surface area contributed by atoms with Crippen molar-refractivity contribution in [3.8, 4) is 5.75 Å². The first kappa shape index (κ1) is 35.6. The highest BCUT2D eigenvalue weighted by Crippen LogP contribution is 2.32. The van der Waals surface area contributed by atoms with E-state index in [4.69, 9.17) is 22.1 Å². The van der Waals surface area contributed by atoms with Crippen LogP contribution in [0.25, 0.3) is 10.2 Å². The van der Waals surface area contributed by atoms with Gasteiger partial charge in [0.2, 0.25) is 23.6 Å². The molecule has 4 atom stereocenters. The first-order valence-corrected chi connectivity index (χ1v) is 18.1. The molecule has 11 nitrogen and oxygen atoms in total. The Labute approximate surface area is 290 Å². The maximum absolute atomic E-state index is 14.1. The first-order chi connectivity index (χ1) is 23.2. The molecule has 2 heterocycles. The molecule has 3 aromatic rings. The largest absolute Gasteiger partial charge is 0.493 e. The van der Waals surface area contributed by atoms with Crippen LogP contribution in [-0.4, -0.2) is 59.9 Å². The number of para-hydroxylation sites is 1. The van der Waals surface area contributed by atoms with E-state index in [2.05, 4.69) is 26.3 Å². The van der Waals surface area contributed by atoms with Gasteiger partial charge in [0.05, 0.1) is 27.9 Å². The van der Waals surface area contributed by atoms with E-state index in [1.54, 1.807) is 13.0 Å². The Hall–Kier alpha value is -3.74. The molecule has 1 aliphatic heterocycles. The number of aromatic nitrogens is 1. The molecule has 1 saturated carbocycles. The zero-order valence-corrected chi connectivity index (χ0v) is 28.8. The number of unbranched alkanes of at least 4 members (excludes halogenated alkanes) is 1. The number of thiazole rings is 1. The molecule has 48 heavy (non-hydrogen) atoms. The van der Waals surface area contributed by atoms with Gasteiger partial charge < -0.3 is 31.7 Å². The Bertz CT molecular complexity index is 1590. The van der Waals surface area contributed by atoms with Crippen molar-refractivity contribution in [2.24, 2.45) is 11.7 Å². The Morgan fingerprint density at radius 3 is 2.54 bits per heavy atom. The fourth-order valence-electron chi connectivity index (χ4n) is 6.44. The van der Waals surface area contributed by atoms with E-state index < -0.39 is 29.9 Å². The van der Waals surface area contributed by atoms with Gasteiger partial charge in [-0.3, -0.25) is 19.2 Å². The highest BCUT2D eigenvalue weighted by molar-refractivity contribution is 7.18. The standard InChI is InChI=1S/C35H45ClN6O5S/c1-2-30(43)38-27(20-31-39-25-15-14-22(36)19-29(25)48-31)34(45)42-32(21-9-3-4-10-21)35(46)41-26(12-7-8-17-37)33(44)40-24-16-18-47-28-13-6-5-11-23(24)28/h5-6,11,13-15,19,21,24,26-27,32H,2-4,7-10,12,16-18,20,37H2,1H3,(H,38,43)(H,40,44)(H,41,46)(H,42,45)/t24-,26+,27+,32+/m1/s1. The fourth-order valence-corrected chi connectivity index (χ4v) is 7.73. The van der Waals surface area contributed by atoms with E-state index in [1.807, 2.05) is 36.4 Å². The number of halogens is 1. The summed E-state index contributed by atoms with van der Waals surface area (Å²) < 4.78 is 6.64. The van der Waals surface area contributed by atoms with Crippen LogP contribution in [-0.2, 0) is 25.6 Å². The van der Waals surface area contributed by atoms with Crippen molar-refractivity contribution in [3.05, 3.63) is 58.1 Å². The molecular weight excluding hydrogens is 652 g/mol. The van der Waals surface area contributed by atoms with Crippen LogP contribution >= 0.6 is 22.9 Å². The predicted octanol–water partition coefficient (Wildman–Crippen LogP) is 4.32. The summed E-state index contributed by atoms with van der Waals surface area (Å²) in [4.78, 5) is 58.9. The molecule has 0 unspecified atom stereocenters. The fraction of sp³-hybridized carbons (Fsp3) is 0.514. The van der Waals surface area contributed by atoms with Gasteiger partial charge in [-0.1, -0.05) is 49.6 Å². The van der Waals surface area contributed by atoms with Crippen LogP contribution in [0.5, 0.6) is 5.75 Å². The van der Waals surface area contributed by atoms with Gasteiger partial charge in [-0.15, -0.1) is 11.3 Å². The molecule has 1 aromatic heterocycles. The number of ether oxygens (including phenoxy) is 1. The monoisotopic (exact) mass is 696 g/mol. The molecule has 258 valence electrons. The number of amides is 4. The molecule has 13 heteroatoms. The summed E-state index contributed by atoms with van der Waals surface area (Å²) in [5.41, 5.74) is 7.40. The van der Waals surface area contributed by atoms with Gasteiger partial charge in [0.15, 0.2) is 0 Å². The lowest BCUT2D eigenvalue weighted by molar-refractivity contribution is -0.135. The number of carbonyl (C=O) groups excluding carboxylic acids is 4. The molecule has 0 saturated heterocycles. The average molecular weight is 697 g/mol. The van der Waals surface area contributed by atoms with E-state index in [0.29, 0.717) is 48.9 Å². The summed E-state index contributed by atoms with van der Waals surface area (Å²) in [5, 5.41) is 13.2. The van der Waals surface area contributed by atoms with Crippen LogP contribution in [0, 0.1) is 5.92 Å². The Kier molecular flexibility index (Phi) is 12.7. The second-order valence-electron chi connectivity index (χ2n) is 12.5. The number of nitrogens with two attached hydrogens (primary N) is 1. The van der Waals surface area contributed by atoms with Gasteiger partial charge in [0, 0.05) is 29.8 Å². The highest BCUT2D eigenvalue weighted by Gasteiger charge is 2.36. The number of fused-ring (bicyclic) bond motifs is 2. The SMILES string of the molecule is CCC(=O)N[C@@H](Cc1nc2ccc(Cl)cc2s1)C(=O)N[C@H](C(=O)N[C@@H](CCCCN)C(=O)N[C@@H]1CCOc2ccccc21)C1CCCC1. The van der Waals surface area contributed by atoms with E-state index in [0.717, 1.165) is 47.2 Å². The topological polar surface area (TPSA) is 165 Å². The van der Waals surface area contributed by atoms with Gasteiger partial charge in [-0.25, -0.2) is 4.98 Å². The average Bonchev–Trinajstić information content (AvgIpc) is 3.76. The van der Waals surface area contributed by atoms with Crippen molar-refractivity contribution in [1.29, 1.82) is 0 Å². The molecule has 2 aromatic carbocycles. The van der Waals surface area contributed by atoms with Gasteiger partial charge in [0.1, 0.15) is 23.9 Å². The lowest BCUT2D eigenvalue weighted by Crippen LogP contribution is -2.59. The van der Waals surface area contributed by atoms with Gasteiger partial charge in [0.25, 0.3) is 0 Å². The summed E-state index contributed by atoms with van der Waals surface area (Å²) in [7, 11) is 0. The minimum absolute atomic E-state index is 0.101. The lowest BCUT2D eigenvalue weighted by Gasteiger charge is -2.30. The predicted molar refractivity (Wildman–Crippen MR) is 187 cm³/mol. The Morgan fingerprint density at radius 2 is 1.77 bits per heavy atom. The lowest BCUT2D eigenvalue weighted by atomic mass is 9.95. The number of rotatable bonds is 15. The second-order valence-corrected chi connectivity index (χ2v) is 14.1. The van der Waals surface area contributed by atoms with Gasteiger partial charge >= 0.3 is 0 Å². The van der Waals surface area contributed by atoms with Crippen LogP contribution in [0.3, 0.4) is 0 Å². The minimum Gasteiger partial charge on any atom is -0.493 e. The third kappa shape index (κ3) is 9.24. The summed E-state index contributed by atoms with van der Waals surface area (Å²) in [6.45, 7) is 2.67. The zero-order chi connectivity index (χ0) is 34.0. The smallest absolute Gasteiger partial charge is 0.243 e. The number of carbonyl (C=O) groups is 4. The normalized spacial score (nSPS) is 17.9. The number of hydrogen-bond donors (Lipinski definition) is 5. The van der Waals surface area contributed by atoms with Crippen LogP contribution in [0.2, 0.25) is 5.02 Å². The summed E-state index contributed by atoms with van der Waals surface area (Å²) >= 11 is 7.57. The van der Waals surface area contributed by atoms with Crippen molar-refractivity contribution in [2.45, 2.75) is 95.3 Å². The number of benzene rings is 2. The Balaban J connectivity index is 1.32. The minimum atomic E-state index is -0.942. The summed E-state index contributed by atoms with van der Waals surface area (Å²) in [6, 6.07) is 10.1. The molecule has 0 radical (unpaired) electrons. The summed E-state index contributed by atoms with van der Waals surface area (Å²) in [5.74, 6) is -0.817. The Morgan fingerprint density at radius 1 is 0.979 bits per heavy atom. The molecular formula is C35H45ClN6O5S. The van der Waals surface area contributed by atoms with E-state index in [1.165, 1.54) is 11.3 Å². The molecule has 0 bridgehead atoms. The number of nitrogens with one attached hydrogen (secondary N) is 4. The van der Waals surface area contributed by atoms with Crippen molar-refractivity contribution in [1.82, 2.24) is 26.3 Å².